The third-order valence-electron chi connectivity index (χ3n) is 5.34. The maximum absolute atomic E-state index is 8.85. The molecule has 134 valence electrons. The maximum atomic E-state index is 8.85. The SMILES string of the molecule is N#Cc1ccc(NC[C@H]2CC[C@@H](c3nnc4cnc5[nH]ccc5n34)C2)nc1. The van der Waals surface area contributed by atoms with Gasteiger partial charge in [0.1, 0.15) is 17.7 Å². The molecule has 0 unspecified atom stereocenters. The number of aromatic nitrogens is 6. The van der Waals surface area contributed by atoms with E-state index in [1.807, 2.05) is 18.3 Å². The van der Waals surface area contributed by atoms with Gasteiger partial charge in [-0.05, 0) is 43.4 Å². The minimum atomic E-state index is 0.390. The lowest BCUT2D eigenvalue weighted by molar-refractivity contribution is 0.558. The van der Waals surface area contributed by atoms with Gasteiger partial charge in [0.25, 0.3) is 0 Å². The Balaban J connectivity index is 1.31. The lowest BCUT2D eigenvalue weighted by Crippen LogP contribution is -2.12. The summed E-state index contributed by atoms with van der Waals surface area (Å²) in [6.07, 6.45) is 8.57. The van der Waals surface area contributed by atoms with Crippen LogP contribution in [0, 0.1) is 17.2 Å². The predicted octanol–water partition coefficient (Wildman–Crippen LogP) is 2.87. The lowest BCUT2D eigenvalue weighted by Gasteiger charge is -2.12. The Morgan fingerprint density at radius 1 is 1.19 bits per heavy atom. The van der Waals surface area contributed by atoms with Gasteiger partial charge < -0.3 is 10.3 Å². The first kappa shape index (κ1) is 15.8. The number of fused-ring (bicyclic) bond motifs is 3. The van der Waals surface area contributed by atoms with Crippen LogP contribution in [0.15, 0.2) is 36.8 Å². The van der Waals surface area contributed by atoms with Gasteiger partial charge in [-0.25, -0.2) is 9.97 Å². The molecule has 0 radical (unpaired) electrons. The van der Waals surface area contributed by atoms with Crippen LogP contribution in [-0.4, -0.2) is 36.1 Å². The van der Waals surface area contributed by atoms with Gasteiger partial charge in [-0.1, -0.05) is 0 Å². The predicted molar refractivity (Wildman–Crippen MR) is 100 cm³/mol. The zero-order chi connectivity index (χ0) is 18.2. The van der Waals surface area contributed by atoms with Gasteiger partial charge in [0, 0.05) is 24.9 Å². The van der Waals surface area contributed by atoms with Crippen molar-refractivity contribution in [1.82, 2.24) is 29.5 Å². The minimum absolute atomic E-state index is 0.390. The van der Waals surface area contributed by atoms with Crippen LogP contribution in [0.1, 0.15) is 36.6 Å². The molecular formula is C19H18N8. The molecule has 4 aromatic heterocycles. The van der Waals surface area contributed by atoms with E-state index in [4.69, 9.17) is 5.26 Å². The molecule has 2 N–H and O–H groups in total. The number of aromatic amines is 1. The molecular weight excluding hydrogens is 340 g/mol. The number of anilines is 1. The normalized spacial score (nSPS) is 19.5. The molecule has 5 rings (SSSR count). The molecule has 1 saturated carbocycles. The topological polar surface area (TPSA) is 108 Å². The molecule has 2 atom stereocenters. The van der Waals surface area contributed by atoms with Crippen LogP contribution >= 0.6 is 0 Å². The summed E-state index contributed by atoms with van der Waals surface area (Å²) in [6, 6.07) is 7.74. The Bertz CT molecular complexity index is 1130. The first-order chi connectivity index (χ1) is 13.3. The minimum Gasteiger partial charge on any atom is -0.370 e. The van der Waals surface area contributed by atoms with E-state index in [1.165, 1.54) is 0 Å². The summed E-state index contributed by atoms with van der Waals surface area (Å²) in [5.41, 5.74) is 3.24. The molecule has 0 aliphatic heterocycles. The van der Waals surface area contributed by atoms with Crippen molar-refractivity contribution in [1.29, 1.82) is 5.26 Å². The quantitative estimate of drug-likeness (QED) is 0.581. The number of nitriles is 1. The van der Waals surface area contributed by atoms with Gasteiger partial charge in [-0.3, -0.25) is 4.40 Å². The third kappa shape index (κ3) is 2.77. The van der Waals surface area contributed by atoms with Crippen LogP contribution in [0.5, 0.6) is 0 Å². The molecule has 0 spiro atoms. The van der Waals surface area contributed by atoms with Crippen molar-refractivity contribution in [3.8, 4) is 6.07 Å². The number of hydrogen-bond acceptors (Lipinski definition) is 6. The molecule has 1 fully saturated rings. The molecule has 1 aliphatic rings. The number of nitrogens with one attached hydrogen (secondary N) is 2. The number of nitrogens with zero attached hydrogens (tertiary/aromatic N) is 6. The van der Waals surface area contributed by atoms with E-state index in [0.717, 1.165) is 54.3 Å². The first-order valence-electron chi connectivity index (χ1n) is 9.09. The van der Waals surface area contributed by atoms with E-state index in [0.29, 0.717) is 17.4 Å². The van der Waals surface area contributed by atoms with Gasteiger partial charge >= 0.3 is 0 Å². The van der Waals surface area contributed by atoms with Crippen LogP contribution in [0.2, 0.25) is 0 Å². The van der Waals surface area contributed by atoms with E-state index in [9.17, 15) is 0 Å². The van der Waals surface area contributed by atoms with Crippen molar-refractivity contribution >= 4 is 22.6 Å². The fourth-order valence-corrected chi connectivity index (χ4v) is 3.97. The van der Waals surface area contributed by atoms with E-state index in [2.05, 4.69) is 40.9 Å². The zero-order valence-corrected chi connectivity index (χ0v) is 14.6. The third-order valence-corrected chi connectivity index (χ3v) is 5.34. The molecule has 4 heterocycles. The molecule has 8 nitrogen and oxygen atoms in total. The van der Waals surface area contributed by atoms with Crippen molar-refractivity contribution in [2.45, 2.75) is 25.2 Å². The molecule has 0 amide bonds. The summed E-state index contributed by atoms with van der Waals surface area (Å²) in [7, 11) is 0. The summed E-state index contributed by atoms with van der Waals surface area (Å²) in [4.78, 5) is 11.8. The van der Waals surface area contributed by atoms with Crippen molar-refractivity contribution in [3.05, 3.63) is 48.2 Å². The van der Waals surface area contributed by atoms with Crippen molar-refractivity contribution < 1.29 is 0 Å². The largest absolute Gasteiger partial charge is 0.370 e. The van der Waals surface area contributed by atoms with E-state index < -0.39 is 0 Å². The average Bonchev–Trinajstić information content (AvgIpc) is 3.44. The molecule has 8 heteroatoms. The summed E-state index contributed by atoms with van der Waals surface area (Å²) in [5.74, 6) is 2.78. The van der Waals surface area contributed by atoms with E-state index in [-0.39, 0.29) is 0 Å². The molecule has 0 saturated heterocycles. The second-order valence-corrected chi connectivity index (χ2v) is 7.02. The molecule has 27 heavy (non-hydrogen) atoms. The van der Waals surface area contributed by atoms with Crippen molar-refractivity contribution in [2.24, 2.45) is 5.92 Å². The number of rotatable bonds is 4. The zero-order valence-electron chi connectivity index (χ0n) is 14.6. The van der Waals surface area contributed by atoms with Crippen molar-refractivity contribution in [2.75, 3.05) is 11.9 Å². The Labute approximate surface area is 155 Å². The van der Waals surface area contributed by atoms with Crippen molar-refractivity contribution in [3.63, 3.8) is 0 Å². The summed E-state index contributed by atoms with van der Waals surface area (Å²) >= 11 is 0. The Morgan fingerprint density at radius 3 is 3.00 bits per heavy atom. The number of pyridine rings is 1. The second kappa shape index (κ2) is 6.36. The van der Waals surface area contributed by atoms with Crippen LogP contribution in [0.3, 0.4) is 0 Å². The Kier molecular flexibility index (Phi) is 3.71. The summed E-state index contributed by atoms with van der Waals surface area (Å²) in [5, 5.41) is 21.0. The number of H-pyrrole nitrogens is 1. The Hall–Kier alpha value is -3.47. The molecule has 4 aromatic rings. The number of hydrogen-bond donors (Lipinski definition) is 2. The monoisotopic (exact) mass is 358 g/mol. The molecule has 0 aromatic carbocycles. The van der Waals surface area contributed by atoms with Crippen LogP contribution < -0.4 is 5.32 Å². The second-order valence-electron chi connectivity index (χ2n) is 7.02. The van der Waals surface area contributed by atoms with E-state index in [1.54, 1.807) is 18.5 Å². The highest BCUT2D eigenvalue weighted by Gasteiger charge is 2.29. The van der Waals surface area contributed by atoms with Gasteiger partial charge in [-0.15, -0.1) is 10.2 Å². The fourth-order valence-electron chi connectivity index (χ4n) is 3.97. The molecule has 1 aliphatic carbocycles. The Morgan fingerprint density at radius 2 is 2.15 bits per heavy atom. The van der Waals surface area contributed by atoms with Gasteiger partial charge in [0.2, 0.25) is 0 Å². The van der Waals surface area contributed by atoms with Crippen LogP contribution in [0.4, 0.5) is 5.82 Å². The average molecular weight is 358 g/mol. The molecule has 0 bridgehead atoms. The highest BCUT2D eigenvalue weighted by molar-refractivity contribution is 5.74. The van der Waals surface area contributed by atoms with E-state index >= 15 is 0 Å². The fraction of sp³-hybridized carbons (Fsp3) is 0.316. The van der Waals surface area contributed by atoms with Crippen LogP contribution in [-0.2, 0) is 0 Å². The highest BCUT2D eigenvalue weighted by atomic mass is 15.3. The van der Waals surface area contributed by atoms with Gasteiger partial charge in [0.05, 0.1) is 17.3 Å². The smallest absolute Gasteiger partial charge is 0.179 e. The standard InChI is InChI=1S/C19H18N8/c20-8-13-2-4-16(23-10-13)22-9-12-1-3-14(7-12)19-26-25-17-11-24-18-15(27(17)19)5-6-21-18/h2,4-6,10-12,14,21H,1,3,7,9H2,(H,22,23)/t12-,14+/m0/s1. The summed E-state index contributed by atoms with van der Waals surface area (Å²) in [6.45, 7) is 0.868. The highest BCUT2D eigenvalue weighted by Crippen LogP contribution is 2.38. The van der Waals surface area contributed by atoms with Gasteiger partial charge in [-0.2, -0.15) is 5.26 Å². The maximum Gasteiger partial charge on any atom is 0.179 e. The summed E-state index contributed by atoms with van der Waals surface area (Å²) < 4.78 is 2.13. The lowest BCUT2D eigenvalue weighted by atomic mass is 10.0. The van der Waals surface area contributed by atoms with Crippen LogP contribution in [0.25, 0.3) is 16.8 Å². The first-order valence-corrected chi connectivity index (χ1v) is 9.09. The van der Waals surface area contributed by atoms with Gasteiger partial charge in [0.15, 0.2) is 11.3 Å².